The smallest absolute Gasteiger partial charge is 0.270 e. The van der Waals surface area contributed by atoms with Crippen molar-refractivity contribution in [1.29, 1.82) is 0 Å². The van der Waals surface area contributed by atoms with E-state index in [0.717, 1.165) is 17.3 Å². The molecule has 0 spiro atoms. The number of carbonyl (C=O) groups is 1. The average Bonchev–Trinajstić information content (AvgIpc) is 2.76. The number of nitrogens with two attached hydrogens (primary N) is 1. The van der Waals surface area contributed by atoms with Crippen LogP contribution in [0.2, 0.25) is 0 Å². The Morgan fingerprint density at radius 3 is 2.89 bits per heavy atom. The molecule has 2 unspecified atom stereocenters. The quantitative estimate of drug-likeness (QED) is 0.911. The van der Waals surface area contributed by atoms with E-state index >= 15 is 0 Å². The molecule has 1 aromatic heterocycles. The lowest BCUT2D eigenvalue weighted by atomic mass is 9.99. The number of hydrogen-bond acceptors (Lipinski definition) is 3. The lowest BCUT2D eigenvalue weighted by molar-refractivity contribution is 0.0134. The highest BCUT2D eigenvalue weighted by Crippen LogP contribution is 2.23. The maximum absolute atomic E-state index is 12.6. The molecule has 6 heteroatoms. The SMILES string of the molecule is COC1CCN(C(=O)c2cc(Br)cn2C)C(CN)C1. The van der Waals surface area contributed by atoms with Gasteiger partial charge < -0.3 is 19.9 Å². The summed E-state index contributed by atoms with van der Waals surface area (Å²) in [6.45, 7) is 1.17. The van der Waals surface area contributed by atoms with Crippen LogP contribution < -0.4 is 5.73 Å². The number of amides is 1. The number of ether oxygens (including phenoxy) is 1. The first-order valence-corrected chi connectivity index (χ1v) is 7.21. The second kappa shape index (κ2) is 6.07. The van der Waals surface area contributed by atoms with E-state index in [1.165, 1.54) is 0 Å². The zero-order valence-corrected chi connectivity index (χ0v) is 12.9. The summed E-state index contributed by atoms with van der Waals surface area (Å²) in [6.07, 6.45) is 3.76. The van der Waals surface area contributed by atoms with Crippen LogP contribution in [0, 0.1) is 0 Å². The molecule has 106 valence electrons. The average molecular weight is 330 g/mol. The summed E-state index contributed by atoms with van der Waals surface area (Å²) in [5.41, 5.74) is 6.49. The highest BCUT2D eigenvalue weighted by molar-refractivity contribution is 9.10. The molecule has 0 bridgehead atoms. The van der Waals surface area contributed by atoms with Crippen LogP contribution in [0.4, 0.5) is 0 Å². The molecule has 1 amide bonds. The number of aromatic nitrogens is 1. The van der Waals surface area contributed by atoms with Gasteiger partial charge in [-0.15, -0.1) is 0 Å². The first kappa shape index (κ1) is 14.6. The summed E-state index contributed by atoms with van der Waals surface area (Å²) >= 11 is 3.39. The van der Waals surface area contributed by atoms with Crippen molar-refractivity contribution >= 4 is 21.8 Å². The Morgan fingerprint density at radius 2 is 2.37 bits per heavy atom. The molecule has 1 fully saturated rings. The van der Waals surface area contributed by atoms with Crippen LogP contribution in [-0.2, 0) is 11.8 Å². The van der Waals surface area contributed by atoms with E-state index in [0.29, 0.717) is 18.8 Å². The van der Waals surface area contributed by atoms with Crippen LogP contribution in [0.5, 0.6) is 0 Å². The summed E-state index contributed by atoms with van der Waals surface area (Å²) in [5, 5.41) is 0. The van der Waals surface area contributed by atoms with Crippen molar-refractivity contribution in [3.63, 3.8) is 0 Å². The van der Waals surface area contributed by atoms with Crippen molar-refractivity contribution < 1.29 is 9.53 Å². The molecule has 5 nitrogen and oxygen atoms in total. The molecular formula is C13H20BrN3O2. The minimum atomic E-state index is 0.0400. The molecule has 2 rings (SSSR count). The third-order valence-electron chi connectivity index (χ3n) is 3.72. The van der Waals surface area contributed by atoms with Crippen LogP contribution >= 0.6 is 15.9 Å². The lowest BCUT2D eigenvalue weighted by Crippen LogP contribution is -2.51. The van der Waals surface area contributed by atoms with Crippen molar-refractivity contribution in [2.45, 2.75) is 25.0 Å². The van der Waals surface area contributed by atoms with Crippen molar-refractivity contribution in [3.8, 4) is 0 Å². The van der Waals surface area contributed by atoms with E-state index in [-0.39, 0.29) is 18.1 Å². The number of nitrogens with zero attached hydrogens (tertiary/aromatic N) is 2. The van der Waals surface area contributed by atoms with Gasteiger partial charge in [-0.05, 0) is 34.8 Å². The predicted octanol–water partition coefficient (Wildman–Crippen LogP) is 1.37. The predicted molar refractivity (Wildman–Crippen MR) is 77.0 cm³/mol. The largest absolute Gasteiger partial charge is 0.381 e. The number of hydrogen-bond donors (Lipinski definition) is 1. The molecule has 19 heavy (non-hydrogen) atoms. The summed E-state index contributed by atoms with van der Waals surface area (Å²) < 4.78 is 8.13. The first-order chi connectivity index (χ1) is 9.06. The Labute approximate surface area is 121 Å². The van der Waals surface area contributed by atoms with E-state index in [1.807, 2.05) is 28.8 Å². The topological polar surface area (TPSA) is 60.5 Å². The summed E-state index contributed by atoms with van der Waals surface area (Å²) in [4.78, 5) is 14.5. The molecule has 1 aliphatic rings. The van der Waals surface area contributed by atoms with Crippen LogP contribution in [-0.4, -0.2) is 47.7 Å². The minimum Gasteiger partial charge on any atom is -0.381 e. The molecule has 0 aromatic carbocycles. The number of carbonyl (C=O) groups excluding carboxylic acids is 1. The van der Waals surface area contributed by atoms with Gasteiger partial charge >= 0.3 is 0 Å². The summed E-state index contributed by atoms with van der Waals surface area (Å²) in [5.74, 6) is 0.0400. The van der Waals surface area contributed by atoms with E-state index < -0.39 is 0 Å². The molecule has 0 aliphatic carbocycles. The Morgan fingerprint density at radius 1 is 1.63 bits per heavy atom. The summed E-state index contributed by atoms with van der Waals surface area (Å²) in [6, 6.07) is 1.90. The van der Waals surface area contributed by atoms with E-state index in [4.69, 9.17) is 10.5 Å². The number of methoxy groups -OCH3 is 1. The summed E-state index contributed by atoms with van der Waals surface area (Å²) in [7, 11) is 3.58. The molecule has 2 N–H and O–H groups in total. The van der Waals surface area contributed by atoms with Crippen molar-refractivity contribution in [2.24, 2.45) is 12.8 Å². The van der Waals surface area contributed by atoms with Gasteiger partial charge in [-0.1, -0.05) is 0 Å². The second-order valence-corrected chi connectivity index (χ2v) is 5.84. The molecule has 1 aliphatic heterocycles. The molecule has 2 heterocycles. The van der Waals surface area contributed by atoms with E-state index in [2.05, 4.69) is 15.9 Å². The van der Waals surface area contributed by atoms with Gasteiger partial charge in [-0.3, -0.25) is 4.79 Å². The third kappa shape index (κ3) is 3.01. The van der Waals surface area contributed by atoms with Crippen molar-refractivity contribution in [3.05, 3.63) is 22.4 Å². The Bertz CT molecular complexity index is 461. The minimum absolute atomic E-state index is 0.0400. The number of likely N-dealkylation sites (tertiary alicyclic amines) is 1. The fourth-order valence-electron chi connectivity index (χ4n) is 2.60. The maximum atomic E-state index is 12.6. The number of halogens is 1. The van der Waals surface area contributed by atoms with Crippen LogP contribution in [0.3, 0.4) is 0 Å². The van der Waals surface area contributed by atoms with Crippen molar-refractivity contribution in [2.75, 3.05) is 20.2 Å². The van der Waals surface area contributed by atoms with E-state index in [9.17, 15) is 4.79 Å². The van der Waals surface area contributed by atoms with Crippen LogP contribution in [0.25, 0.3) is 0 Å². The third-order valence-corrected chi connectivity index (χ3v) is 4.16. The Balaban J connectivity index is 2.16. The van der Waals surface area contributed by atoms with Gasteiger partial charge in [-0.25, -0.2) is 0 Å². The molecule has 1 saturated heterocycles. The second-order valence-electron chi connectivity index (χ2n) is 4.92. The Hall–Kier alpha value is -0.850. The molecular weight excluding hydrogens is 310 g/mol. The zero-order valence-electron chi connectivity index (χ0n) is 11.3. The maximum Gasteiger partial charge on any atom is 0.270 e. The fraction of sp³-hybridized carbons (Fsp3) is 0.615. The highest BCUT2D eigenvalue weighted by Gasteiger charge is 2.32. The molecule has 0 radical (unpaired) electrons. The van der Waals surface area contributed by atoms with Crippen molar-refractivity contribution in [1.82, 2.24) is 9.47 Å². The van der Waals surface area contributed by atoms with Crippen LogP contribution in [0.15, 0.2) is 16.7 Å². The molecule has 0 saturated carbocycles. The standard InChI is InChI=1S/C13H20BrN3O2/c1-16-8-9(14)5-12(16)13(18)17-4-3-11(19-2)6-10(17)7-15/h5,8,10-11H,3-4,6-7,15H2,1-2H3. The first-order valence-electron chi connectivity index (χ1n) is 6.42. The molecule has 1 aromatic rings. The van der Waals surface area contributed by atoms with Gasteiger partial charge in [0.1, 0.15) is 5.69 Å². The zero-order chi connectivity index (χ0) is 14.0. The van der Waals surface area contributed by atoms with Gasteiger partial charge in [0.25, 0.3) is 5.91 Å². The number of rotatable bonds is 3. The Kier molecular flexibility index (Phi) is 4.65. The molecule has 2 atom stereocenters. The number of aryl methyl sites for hydroxylation is 1. The van der Waals surface area contributed by atoms with Gasteiger partial charge in [0.2, 0.25) is 0 Å². The lowest BCUT2D eigenvalue weighted by Gasteiger charge is -2.38. The fourth-order valence-corrected chi connectivity index (χ4v) is 3.13. The number of piperidine rings is 1. The van der Waals surface area contributed by atoms with Crippen LogP contribution in [0.1, 0.15) is 23.3 Å². The van der Waals surface area contributed by atoms with Gasteiger partial charge in [-0.2, -0.15) is 0 Å². The van der Waals surface area contributed by atoms with Gasteiger partial charge in [0.05, 0.1) is 6.10 Å². The van der Waals surface area contributed by atoms with Gasteiger partial charge in [0.15, 0.2) is 0 Å². The van der Waals surface area contributed by atoms with Gasteiger partial charge in [0, 0.05) is 44.0 Å². The highest BCUT2D eigenvalue weighted by atomic mass is 79.9. The monoisotopic (exact) mass is 329 g/mol. The normalized spacial score (nSPS) is 23.7. The van der Waals surface area contributed by atoms with E-state index in [1.54, 1.807) is 7.11 Å².